The van der Waals surface area contributed by atoms with Crippen LogP contribution in [0.1, 0.15) is 21.8 Å². The van der Waals surface area contributed by atoms with Gasteiger partial charge in [0.25, 0.3) is 0 Å². The molecule has 0 fully saturated rings. The number of aromatic nitrogens is 1. The molecule has 0 aliphatic carbocycles. The van der Waals surface area contributed by atoms with E-state index in [1.165, 1.54) is 15.6 Å². The molecule has 7 nitrogen and oxygen atoms in total. The van der Waals surface area contributed by atoms with Gasteiger partial charge >= 0.3 is 0 Å². The molecule has 4 rings (SSSR count). The number of sulfonamides is 1. The summed E-state index contributed by atoms with van der Waals surface area (Å²) < 4.78 is 39.9. The Balaban J connectivity index is 1.61. The van der Waals surface area contributed by atoms with E-state index in [0.29, 0.717) is 17.2 Å². The minimum atomic E-state index is -3.75. The summed E-state index contributed by atoms with van der Waals surface area (Å²) in [7, 11) is -2.20. The Morgan fingerprint density at radius 3 is 2.26 bits per heavy atom. The smallest absolute Gasteiger partial charge is 0.243 e. The number of rotatable bonds is 11. The van der Waals surface area contributed by atoms with Crippen molar-refractivity contribution in [2.24, 2.45) is 0 Å². The fourth-order valence-corrected chi connectivity index (χ4v) is 5.65. The number of aliphatic hydroxyl groups is 1. The van der Waals surface area contributed by atoms with Gasteiger partial charge in [-0.15, -0.1) is 11.3 Å². The van der Waals surface area contributed by atoms with Gasteiger partial charge < -0.3 is 14.6 Å². The molecule has 4 aromatic rings. The molecule has 1 N–H and O–H groups in total. The Morgan fingerprint density at radius 1 is 0.914 bits per heavy atom. The molecule has 3 aromatic carbocycles. The Hall–Kier alpha value is -3.24. The van der Waals surface area contributed by atoms with Crippen molar-refractivity contribution in [2.75, 3.05) is 7.11 Å². The summed E-state index contributed by atoms with van der Waals surface area (Å²) in [6, 6.07) is 23.3. The van der Waals surface area contributed by atoms with Crippen molar-refractivity contribution in [1.29, 1.82) is 0 Å². The first kappa shape index (κ1) is 24.9. The monoisotopic (exact) mass is 510 g/mol. The molecule has 0 amide bonds. The number of thiazole rings is 1. The number of ether oxygens (including phenoxy) is 2. The highest BCUT2D eigenvalue weighted by Crippen LogP contribution is 2.31. The highest BCUT2D eigenvalue weighted by Gasteiger charge is 2.25. The van der Waals surface area contributed by atoms with Crippen LogP contribution in [-0.4, -0.2) is 29.9 Å². The van der Waals surface area contributed by atoms with E-state index in [1.54, 1.807) is 55.0 Å². The first-order chi connectivity index (χ1) is 17.0. The maximum absolute atomic E-state index is 13.5. The summed E-state index contributed by atoms with van der Waals surface area (Å²) in [6.45, 7) is 0.463. The lowest BCUT2D eigenvalue weighted by Crippen LogP contribution is -2.30. The van der Waals surface area contributed by atoms with Crippen LogP contribution in [0.25, 0.3) is 0 Å². The molecule has 0 bridgehead atoms. The van der Waals surface area contributed by atoms with Crippen LogP contribution in [0.3, 0.4) is 0 Å². The predicted molar refractivity (Wildman–Crippen MR) is 135 cm³/mol. The summed E-state index contributed by atoms with van der Waals surface area (Å²) in [4.78, 5) is 4.54. The van der Waals surface area contributed by atoms with Crippen LogP contribution in [0.15, 0.2) is 89.1 Å². The van der Waals surface area contributed by atoms with Crippen LogP contribution in [0.2, 0.25) is 0 Å². The van der Waals surface area contributed by atoms with E-state index in [4.69, 9.17) is 9.47 Å². The Morgan fingerprint density at radius 2 is 1.60 bits per heavy atom. The third-order valence-electron chi connectivity index (χ3n) is 5.28. The van der Waals surface area contributed by atoms with Gasteiger partial charge in [-0.3, -0.25) is 0 Å². The molecule has 0 spiro atoms. The third-order valence-corrected chi connectivity index (χ3v) is 7.96. The summed E-state index contributed by atoms with van der Waals surface area (Å²) in [5, 5.41) is 11.7. The second-order valence-electron chi connectivity index (χ2n) is 7.74. The van der Waals surface area contributed by atoms with Crippen LogP contribution in [0, 0.1) is 0 Å². The number of hydrogen-bond acceptors (Lipinski definition) is 7. The zero-order valence-electron chi connectivity index (χ0n) is 19.2. The van der Waals surface area contributed by atoms with E-state index in [2.05, 4.69) is 4.98 Å². The molecule has 0 unspecified atom stereocenters. The van der Waals surface area contributed by atoms with Crippen LogP contribution in [-0.2, 0) is 36.3 Å². The van der Waals surface area contributed by atoms with Gasteiger partial charge in [0, 0.05) is 18.5 Å². The molecule has 35 heavy (non-hydrogen) atoms. The molecule has 9 heteroatoms. The number of aliphatic hydroxyl groups excluding tert-OH is 1. The maximum Gasteiger partial charge on any atom is 0.243 e. The fraction of sp³-hybridized carbons (Fsp3) is 0.192. The van der Waals surface area contributed by atoms with Crippen LogP contribution < -0.4 is 9.47 Å². The fourth-order valence-electron chi connectivity index (χ4n) is 3.52. The van der Waals surface area contributed by atoms with Crippen molar-refractivity contribution in [3.63, 3.8) is 0 Å². The quantitative estimate of drug-likeness (QED) is 0.317. The van der Waals surface area contributed by atoms with Gasteiger partial charge in [-0.25, -0.2) is 13.4 Å². The lowest BCUT2D eigenvalue weighted by Gasteiger charge is -2.23. The van der Waals surface area contributed by atoms with E-state index >= 15 is 0 Å². The van der Waals surface area contributed by atoms with Crippen molar-refractivity contribution in [2.45, 2.75) is 31.2 Å². The summed E-state index contributed by atoms with van der Waals surface area (Å²) in [6.07, 6.45) is 0. The topological polar surface area (TPSA) is 89.0 Å². The van der Waals surface area contributed by atoms with Crippen molar-refractivity contribution in [1.82, 2.24) is 9.29 Å². The number of hydrogen-bond donors (Lipinski definition) is 1. The lowest BCUT2D eigenvalue weighted by molar-refractivity contribution is 0.271. The maximum atomic E-state index is 13.5. The first-order valence-electron chi connectivity index (χ1n) is 10.9. The molecular weight excluding hydrogens is 484 g/mol. The van der Waals surface area contributed by atoms with Gasteiger partial charge in [0.1, 0.15) is 11.6 Å². The van der Waals surface area contributed by atoms with E-state index < -0.39 is 10.0 Å². The Bertz CT molecular complexity index is 1340. The summed E-state index contributed by atoms with van der Waals surface area (Å²) in [5.41, 5.74) is 2.24. The number of nitrogens with zero attached hydrogens (tertiary/aromatic N) is 2. The van der Waals surface area contributed by atoms with Gasteiger partial charge in [0.05, 0.1) is 24.3 Å². The van der Waals surface area contributed by atoms with Crippen molar-refractivity contribution < 1.29 is 23.0 Å². The molecule has 0 aliphatic heterocycles. The second-order valence-corrected chi connectivity index (χ2v) is 10.6. The molecule has 0 atom stereocenters. The molecular formula is C26H26N2O5S2. The Labute approximate surface area is 209 Å². The lowest BCUT2D eigenvalue weighted by atomic mass is 10.2. The van der Waals surface area contributed by atoms with Crippen molar-refractivity contribution >= 4 is 21.4 Å². The second kappa shape index (κ2) is 11.5. The summed E-state index contributed by atoms with van der Waals surface area (Å²) in [5.74, 6) is 1.02. The highest BCUT2D eigenvalue weighted by atomic mass is 32.2. The SMILES string of the molecule is COc1ccc(CN(Cc2ccccc2)S(=O)(=O)c2ccccc2)cc1OCc1nc(CO)cs1. The normalized spacial score (nSPS) is 11.5. The van der Waals surface area contributed by atoms with Gasteiger partial charge in [-0.05, 0) is 35.4 Å². The minimum absolute atomic E-state index is 0.123. The minimum Gasteiger partial charge on any atom is -0.493 e. The van der Waals surface area contributed by atoms with E-state index in [1.807, 2.05) is 36.4 Å². The predicted octanol–water partition coefficient (Wildman–Crippen LogP) is 4.61. The van der Waals surface area contributed by atoms with Crippen LogP contribution in [0.5, 0.6) is 11.5 Å². The zero-order valence-corrected chi connectivity index (χ0v) is 20.8. The van der Waals surface area contributed by atoms with Crippen LogP contribution in [0.4, 0.5) is 0 Å². The molecule has 0 saturated carbocycles. The molecule has 1 heterocycles. The standard InChI is InChI=1S/C26H26N2O5S2/c1-32-24-13-12-21(14-25(24)33-18-26-27-22(17-29)19-34-26)16-28(15-20-8-4-2-5-9-20)35(30,31)23-10-6-3-7-11-23/h2-14,19,29H,15-18H2,1H3. The van der Waals surface area contributed by atoms with E-state index in [0.717, 1.165) is 16.1 Å². The van der Waals surface area contributed by atoms with Gasteiger partial charge in [-0.2, -0.15) is 4.31 Å². The van der Waals surface area contributed by atoms with E-state index in [9.17, 15) is 13.5 Å². The molecule has 0 saturated heterocycles. The Kier molecular flexibility index (Phi) is 8.14. The molecule has 182 valence electrons. The average Bonchev–Trinajstić information content (AvgIpc) is 3.36. The number of methoxy groups -OCH3 is 1. The molecule has 0 radical (unpaired) electrons. The highest BCUT2D eigenvalue weighted by molar-refractivity contribution is 7.89. The largest absolute Gasteiger partial charge is 0.493 e. The number of benzene rings is 3. The molecule has 1 aromatic heterocycles. The van der Waals surface area contributed by atoms with Crippen molar-refractivity contribution in [3.05, 3.63) is 106 Å². The average molecular weight is 511 g/mol. The van der Waals surface area contributed by atoms with Crippen LogP contribution >= 0.6 is 11.3 Å². The first-order valence-corrected chi connectivity index (χ1v) is 13.2. The third kappa shape index (κ3) is 6.26. The van der Waals surface area contributed by atoms with Gasteiger partial charge in [-0.1, -0.05) is 54.6 Å². The van der Waals surface area contributed by atoms with Gasteiger partial charge in [0.2, 0.25) is 10.0 Å². The van der Waals surface area contributed by atoms with Crippen molar-refractivity contribution in [3.8, 4) is 11.5 Å². The summed E-state index contributed by atoms with van der Waals surface area (Å²) >= 11 is 1.40. The van der Waals surface area contributed by atoms with Gasteiger partial charge in [0.15, 0.2) is 11.5 Å². The molecule has 0 aliphatic rings. The zero-order chi connectivity index (χ0) is 24.7. The van der Waals surface area contributed by atoms with E-state index in [-0.39, 0.29) is 31.2 Å².